The maximum absolute atomic E-state index is 12.2. The van der Waals surface area contributed by atoms with E-state index in [9.17, 15) is 13.2 Å². The van der Waals surface area contributed by atoms with Crippen molar-refractivity contribution in [3.05, 3.63) is 47.1 Å². The van der Waals surface area contributed by atoms with E-state index in [0.29, 0.717) is 12.8 Å². The van der Waals surface area contributed by atoms with Crippen molar-refractivity contribution in [1.82, 2.24) is 10.0 Å². The van der Waals surface area contributed by atoms with Gasteiger partial charge in [0, 0.05) is 35.6 Å². The Hall–Kier alpha value is -2.12. The number of sulfone groups is 1. The highest BCUT2D eigenvalue weighted by molar-refractivity contribution is 7.90. The fourth-order valence-corrected chi connectivity index (χ4v) is 5.36. The molecule has 0 fully saturated rings. The van der Waals surface area contributed by atoms with E-state index in [0.717, 1.165) is 41.2 Å². The number of rotatable bonds is 9. The molecule has 29 heavy (non-hydrogen) atoms. The molecule has 0 atom stereocenters. The summed E-state index contributed by atoms with van der Waals surface area (Å²) < 4.78 is 26.7. The molecule has 0 bridgehead atoms. The van der Waals surface area contributed by atoms with Gasteiger partial charge in [-0.25, -0.2) is 13.9 Å². The van der Waals surface area contributed by atoms with Crippen LogP contribution in [0.1, 0.15) is 50.8 Å². The first-order chi connectivity index (χ1) is 13.6. The predicted octanol–water partition coefficient (Wildman–Crippen LogP) is 1.98. The molecular formula is C22H32N2O4S. The summed E-state index contributed by atoms with van der Waals surface area (Å²) in [5.74, 6) is -0.132. The molecular weight excluding hydrogens is 388 g/mol. The minimum atomic E-state index is -3.08. The fraction of sp³-hybridized carbons (Fsp3) is 0.500. The molecule has 160 valence electrons. The van der Waals surface area contributed by atoms with Crippen LogP contribution >= 0.6 is 0 Å². The number of carbonyl (C=O) groups is 1. The Morgan fingerprint density at radius 3 is 2.55 bits per heavy atom. The van der Waals surface area contributed by atoms with E-state index in [1.165, 1.54) is 0 Å². The molecule has 0 spiro atoms. The van der Waals surface area contributed by atoms with Crippen LogP contribution < -0.4 is 16.0 Å². The highest BCUT2D eigenvalue weighted by atomic mass is 32.2. The maximum Gasteiger partial charge on any atom is 0.243 e. The molecule has 2 rings (SSSR count). The van der Waals surface area contributed by atoms with Crippen molar-refractivity contribution in [2.45, 2.75) is 58.2 Å². The number of fused-ring (bicyclic) bond motifs is 1. The normalized spacial score (nSPS) is 17.1. The van der Waals surface area contributed by atoms with Crippen LogP contribution in [-0.2, 0) is 33.4 Å². The summed E-state index contributed by atoms with van der Waals surface area (Å²) in [7, 11) is -3.08. The van der Waals surface area contributed by atoms with Gasteiger partial charge in [0.1, 0.15) is 0 Å². The summed E-state index contributed by atoms with van der Waals surface area (Å²) in [5, 5.41) is 10.6. The molecule has 0 saturated heterocycles. The van der Waals surface area contributed by atoms with E-state index in [2.05, 4.69) is 31.6 Å². The monoisotopic (exact) mass is 420 g/mol. The highest BCUT2D eigenvalue weighted by Gasteiger charge is 2.27. The lowest BCUT2D eigenvalue weighted by molar-refractivity contribution is -0.129. The van der Waals surface area contributed by atoms with Gasteiger partial charge in [0.05, 0.1) is 11.5 Å². The summed E-state index contributed by atoms with van der Waals surface area (Å²) in [6, 6.07) is 0. The van der Waals surface area contributed by atoms with Crippen LogP contribution in [0.5, 0.6) is 0 Å². The second kappa shape index (κ2) is 9.59. The van der Waals surface area contributed by atoms with Crippen molar-refractivity contribution in [3.63, 3.8) is 0 Å². The fourth-order valence-electron chi connectivity index (χ4n) is 3.95. The SMILES string of the molecule is C=C/C=c1/c2c(n(CCCC(C)(C)CCC(=O)NO)/c1=C/C=C)CCS(=O)(=O)C2. The third-order valence-corrected chi connectivity index (χ3v) is 7.08. The Kier molecular flexibility index (Phi) is 7.66. The van der Waals surface area contributed by atoms with Crippen LogP contribution in [0.25, 0.3) is 12.2 Å². The third-order valence-electron chi connectivity index (χ3n) is 5.53. The number of carbonyl (C=O) groups excluding carboxylic acids is 1. The summed E-state index contributed by atoms with van der Waals surface area (Å²) in [6.45, 7) is 12.6. The molecule has 1 aliphatic heterocycles. The van der Waals surface area contributed by atoms with Gasteiger partial charge in [-0.2, -0.15) is 0 Å². The van der Waals surface area contributed by atoms with Gasteiger partial charge in [-0.3, -0.25) is 10.0 Å². The van der Waals surface area contributed by atoms with Gasteiger partial charge >= 0.3 is 0 Å². The smallest absolute Gasteiger partial charge is 0.243 e. The number of aromatic nitrogens is 1. The van der Waals surface area contributed by atoms with Crippen LogP contribution in [0, 0.1) is 5.41 Å². The highest BCUT2D eigenvalue weighted by Crippen LogP contribution is 2.28. The molecule has 1 aromatic heterocycles. The molecule has 0 saturated carbocycles. The van der Waals surface area contributed by atoms with E-state index < -0.39 is 9.84 Å². The Labute approximate surface area is 173 Å². The van der Waals surface area contributed by atoms with Crippen molar-refractivity contribution in [3.8, 4) is 0 Å². The predicted molar refractivity (Wildman–Crippen MR) is 116 cm³/mol. The molecule has 0 aromatic carbocycles. The van der Waals surface area contributed by atoms with Crippen LogP contribution in [0.15, 0.2) is 25.3 Å². The van der Waals surface area contributed by atoms with Crippen LogP contribution in [0.2, 0.25) is 0 Å². The number of nitrogens with zero attached hydrogens (tertiary/aromatic N) is 1. The van der Waals surface area contributed by atoms with Crippen LogP contribution in [0.3, 0.4) is 0 Å². The van der Waals surface area contributed by atoms with Crippen molar-refractivity contribution >= 4 is 27.9 Å². The van der Waals surface area contributed by atoms with E-state index in [1.54, 1.807) is 17.6 Å². The van der Waals surface area contributed by atoms with Crippen molar-refractivity contribution in [2.24, 2.45) is 5.41 Å². The van der Waals surface area contributed by atoms with Crippen LogP contribution in [-0.4, -0.2) is 29.9 Å². The molecule has 0 aliphatic carbocycles. The van der Waals surface area contributed by atoms with Gasteiger partial charge in [0.2, 0.25) is 5.91 Å². The number of hydrogen-bond acceptors (Lipinski definition) is 4. The molecule has 1 aliphatic rings. The van der Waals surface area contributed by atoms with Crippen molar-refractivity contribution < 1.29 is 18.4 Å². The lowest BCUT2D eigenvalue weighted by Gasteiger charge is -2.25. The van der Waals surface area contributed by atoms with Gasteiger partial charge in [-0.15, -0.1) is 0 Å². The Balaban J connectivity index is 2.30. The number of allylic oxidation sites excluding steroid dienone is 2. The molecule has 1 amide bonds. The number of nitrogens with one attached hydrogen (secondary N) is 1. The van der Waals surface area contributed by atoms with E-state index in [-0.39, 0.29) is 29.2 Å². The topological polar surface area (TPSA) is 88.4 Å². The number of hydrogen-bond donors (Lipinski definition) is 2. The average Bonchev–Trinajstić information content (AvgIpc) is 2.92. The van der Waals surface area contributed by atoms with E-state index >= 15 is 0 Å². The second-order valence-corrected chi connectivity index (χ2v) is 10.5. The van der Waals surface area contributed by atoms with Crippen molar-refractivity contribution in [2.75, 3.05) is 5.75 Å². The molecule has 6 nitrogen and oxygen atoms in total. The molecule has 2 N–H and O–H groups in total. The minimum Gasteiger partial charge on any atom is -0.344 e. The number of hydroxylamine groups is 1. The zero-order chi connectivity index (χ0) is 21.7. The van der Waals surface area contributed by atoms with Crippen LogP contribution in [0.4, 0.5) is 0 Å². The molecule has 2 heterocycles. The summed E-state index contributed by atoms with van der Waals surface area (Å²) in [5.41, 5.74) is 3.60. The zero-order valence-electron chi connectivity index (χ0n) is 17.4. The van der Waals surface area contributed by atoms with Gasteiger partial charge in [0.15, 0.2) is 9.84 Å². The standard InChI is InChI=1S/C22H32N2O4S/c1-5-8-17-18-16-29(27,28)15-11-20(18)24(19(17)9-6-2)14-7-12-22(3,4)13-10-21(25)23-26/h5-6,8-9,26H,1-2,7,10-16H2,3-4H3,(H,23,25)/b17-8-,19-9+. The molecule has 1 aromatic rings. The molecule has 7 heteroatoms. The Morgan fingerprint density at radius 1 is 1.24 bits per heavy atom. The molecule has 0 radical (unpaired) electrons. The quantitative estimate of drug-likeness (QED) is 0.472. The van der Waals surface area contributed by atoms with Gasteiger partial charge in [0.25, 0.3) is 0 Å². The van der Waals surface area contributed by atoms with E-state index in [4.69, 9.17) is 5.21 Å². The van der Waals surface area contributed by atoms with E-state index in [1.807, 2.05) is 12.2 Å². The second-order valence-electron chi connectivity index (χ2n) is 8.33. The summed E-state index contributed by atoms with van der Waals surface area (Å²) >= 11 is 0. The first-order valence-electron chi connectivity index (χ1n) is 9.93. The summed E-state index contributed by atoms with van der Waals surface area (Å²) in [6.07, 6.45) is 10.5. The Morgan fingerprint density at radius 2 is 1.93 bits per heavy atom. The number of amides is 1. The van der Waals surface area contributed by atoms with Gasteiger partial charge in [-0.1, -0.05) is 45.2 Å². The largest absolute Gasteiger partial charge is 0.344 e. The summed E-state index contributed by atoms with van der Waals surface area (Å²) in [4.78, 5) is 11.3. The van der Waals surface area contributed by atoms with Crippen molar-refractivity contribution in [1.29, 1.82) is 0 Å². The first kappa shape index (κ1) is 23.2. The zero-order valence-corrected chi connectivity index (χ0v) is 18.2. The Bertz CT molecular complexity index is 1000. The third kappa shape index (κ3) is 5.93. The lowest BCUT2D eigenvalue weighted by Crippen LogP contribution is -2.31. The maximum atomic E-state index is 12.2. The lowest BCUT2D eigenvalue weighted by atomic mass is 9.83. The molecule has 0 unspecified atom stereocenters. The van der Waals surface area contributed by atoms with Gasteiger partial charge in [-0.05, 0) is 36.3 Å². The average molecular weight is 421 g/mol. The minimum absolute atomic E-state index is 0.0402. The van der Waals surface area contributed by atoms with Gasteiger partial charge < -0.3 is 4.57 Å². The first-order valence-corrected chi connectivity index (χ1v) is 11.8.